The molecule has 1 saturated heterocycles. The second kappa shape index (κ2) is 2.36. The molecule has 1 unspecified atom stereocenters. The van der Waals surface area contributed by atoms with Crippen molar-refractivity contribution in [3.05, 3.63) is 0 Å². The summed E-state index contributed by atoms with van der Waals surface area (Å²) in [5.74, 6) is 0. The largest absolute Gasteiger partial charge is 0.469 e. The van der Waals surface area contributed by atoms with Gasteiger partial charge in [-0.15, -0.1) is 0 Å². The molecule has 1 rings (SSSR count). The van der Waals surface area contributed by atoms with Crippen LogP contribution in [0.15, 0.2) is 0 Å². The van der Waals surface area contributed by atoms with E-state index < -0.39 is 7.82 Å². The summed E-state index contributed by atoms with van der Waals surface area (Å²) in [6.45, 7) is 0.532. The number of phosphoric acid groups is 1. The van der Waals surface area contributed by atoms with Crippen molar-refractivity contribution in [2.45, 2.75) is 6.10 Å². The van der Waals surface area contributed by atoms with Crippen molar-refractivity contribution in [3.8, 4) is 0 Å². The van der Waals surface area contributed by atoms with Crippen molar-refractivity contribution in [1.29, 1.82) is 0 Å². The minimum absolute atomic E-state index is 0.00965. The van der Waals surface area contributed by atoms with E-state index in [9.17, 15) is 4.57 Å². The first-order valence-electron chi connectivity index (χ1n) is 2.39. The number of ether oxygens (including phenoxy) is 1. The molecule has 9 heavy (non-hydrogen) atoms. The molecule has 1 fully saturated rings. The van der Waals surface area contributed by atoms with Gasteiger partial charge in [0.15, 0.2) is 0 Å². The molecule has 2 N–H and O–H groups in total. The fourth-order valence-corrected chi connectivity index (χ4v) is 0.705. The van der Waals surface area contributed by atoms with E-state index in [0.29, 0.717) is 6.61 Å². The molecule has 0 amide bonds. The van der Waals surface area contributed by atoms with Gasteiger partial charge in [0.2, 0.25) is 0 Å². The number of epoxide rings is 1. The molecule has 0 aliphatic carbocycles. The molecule has 0 spiro atoms. The standard InChI is InChI=1S/C3H7O5P/c4-9(5,6)8-2-3-1-7-3/h3H,1-2H2,(H2,4,5,6). The summed E-state index contributed by atoms with van der Waals surface area (Å²) in [6, 6.07) is 0. The zero-order chi connectivity index (χ0) is 6.91. The smallest absolute Gasteiger partial charge is 0.371 e. The molecule has 6 heteroatoms. The Morgan fingerprint density at radius 3 is 2.67 bits per heavy atom. The zero-order valence-electron chi connectivity index (χ0n) is 4.56. The number of phosphoric ester groups is 1. The Bertz CT molecular complexity index is 135. The predicted octanol–water partition coefficient (Wildman–Crippen LogP) is -0.506. The third-order valence-electron chi connectivity index (χ3n) is 0.831. The third kappa shape index (κ3) is 3.61. The monoisotopic (exact) mass is 154 g/mol. The van der Waals surface area contributed by atoms with Gasteiger partial charge in [0.05, 0.1) is 13.2 Å². The van der Waals surface area contributed by atoms with E-state index in [1.165, 1.54) is 0 Å². The first-order chi connectivity index (χ1) is 4.08. The van der Waals surface area contributed by atoms with Crippen molar-refractivity contribution in [3.63, 3.8) is 0 Å². The molecule has 0 aromatic heterocycles. The Morgan fingerprint density at radius 2 is 2.33 bits per heavy atom. The molecule has 1 atom stereocenters. The summed E-state index contributed by atoms with van der Waals surface area (Å²) in [6.07, 6.45) is -0.0994. The predicted molar refractivity (Wildman–Crippen MR) is 27.7 cm³/mol. The van der Waals surface area contributed by atoms with Crippen molar-refractivity contribution in [1.82, 2.24) is 0 Å². The average Bonchev–Trinajstić information content (AvgIpc) is 2.38. The van der Waals surface area contributed by atoms with Crippen molar-refractivity contribution < 1.29 is 23.6 Å². The van der Waals surface area contributed by atoms with Crippen LogP contribution in [-0.2, 0) is 13.8 Å². The Hall–Kier alpha value is 0.0700. The Labute approximate surface area is 51.8 Å². The third-order valence-corrected chi connectivity index (χ3v) is 1.32. The summed E-state index contributed by atoms with van der Waals surface area (Å²) in [7, 11) is -4.26. The van der Waals surface area contributed by atoms with Crippen LogP contribution in [0.4, 0.5) is 0 Å². The highest BCUT2D eigenvalue weighted by Crippen LogP contribution is 2.36. The summed E-state index contributed by atoms with van der Waals surface area (Å²) in [5.41, 5.74) is 0. The molecule has 0 radical (unpaired) electrons. The van der Waals surface area contributed by atoms with Gasteiger partial charge in [-0.25, -0.2) is 4.57 Å². The Morgan fingerprint density at radius 1 is 1.78 bits per heavy atom. The van der Waals surface area contributed by atoms with Gasteiger partial charge in [-0.3, -0.25) is 4.52 Å². The highest BCUT2D eigenvalue weighted by atomic mass is 31.2. The van der Waals surface area contributed by atoms with Gasteiger partial charge in [-0.1, -0.05) is 0 Å². The lowest BCUT2D eigenvalue weighted by Crippen LogP contribution is -1.98. The maximum Gasteiger partial charge on any atom is 0.469 e. The van der Waals surface area contributed by atoms with Gasteiger partial charge in [0, 0.05) is 0 Å². The highest BCUT2D eigenvalue weighted by Gasteiger charge is 2.26. The van der Waals surface area contributed by atoms with Gasteiger partial charge in [-0.05, 0) is 0 Å². The fourth-order valence-electron chi connectivity index (χ4n) is 0.344. The van der Waals surface area contributed by atoms with Gasteiger partial charge in [0.1, 0.15) is 6.10 Å². The van der Waals surface area contributed by atoms with Gasteiger partial charge < -0.3 is 14.5 Å². The van der Waals surface area contributed by atoms with Crippen LogP contribution >= 0.6 is 7.82 Å². The first kappa shape index (κ1) is 7.18. The number of hydrogen-bond acceptors (Lipinski definition) is 3. The van der Waals surface area contributed by atoms with Crippen LogP contribution < -0.4 is 0 Å². The minimum atomic E-state index is -4.26. The zero-order valence-corrected chi connectivity index (χ0v) is 5.45. The van der Waals surface area contributed by atoms with Crippen molar-refractivity contribution in [2.24, 2.45) is 0 Å². The van der Waals surface area contributed by atoms with Crippen LogP contribution in [0.25, 0.3) is 0 Å². The molecule has 1 aliphatic heterocycles. The Kier molecular flexibility index (Phi) is 1.88. The van der Waals surface area contributed by atoms with Gasteiger partial charge >= 0.3 is 7.82 Å². The second-order valence-electron chi connectivity index (χ2n) is 1.74. The van der Waals surface area contributed by atoms with Crippen LogP contribution in [0.2, 0.25) is 0 Å². The molecule has 0 saturated carbocycles. The molecule has 0 bridgehead atoms. The van der Waals surface area contributed by atoms with Crippen LogP contribution in [0.1, 0.15) is 0 Å². The maximum atomic E-state index is 9.98. The van der Waals surface area contributed by atoms with E-state index >= 15 is 0 Å². The summed E-state index contributed by atoms with van der Waals surface area (Å²) >= 11 is 0. The van der Waals surface area contributed by atoms with E-state index in [2.05, 4.69) is 9.26 Å². The lowest BCUT2D eigenvalue weighted by atomic mass is 10.5. The highest BCUT2D eigenvalue weighted by molar-refractivity contribution is 7.46. The average molecular weight is 154 g/mol. The molecule has 1 heterocycles. The Balaban J connectivity index is 2.10. The van der Waals surface area contributed by atoms with E-state index in [1.54, 1.807) is 0 Å². The summed E-state index contributed by atoms with van der Waals surface area (Å²) < 4.78 is 18.7. The van der Waals surface area contributed by atoms with E-state index in [0.717, 1.165) is 0 Å². The molecule has 54 valence electrons. The van der Waals surface area contributed by atoms with Crippen molar-refractivity contribution >= 4 is 7.82 Å². The van der Waals surface area contributed by atoms with E-state index in [1.807, 2.05) is 0 Å². The van der Waals surface area contributed by atoms with Gasteiger partial charge in [-0.2, -0.15) is 0 Å². The summed E-state index contributed by atoms with van der Waals surface area (Å²) in [5, 5.41) is 0. The molecular formula is C3H7O5P. The molecule has 1 aliphatic rings. The first-order valence-corrected chi connectivity index (χ1v) is 3.92. The quantitative estimate of drug-likeness (QED) is 0.423. The summed E-state index contributed by atoms with van der Waals surface area (Å²) in [4.78, 5) is 16.3. The number of rotatable bonds is 3. The van der Waals surface area contributed by atoms with Crippen LogP contribution in [-0.4, -0.2) is 29.1 Å². The lowest BCUT2D eigenvalue weighted by molar-refractivity contribution is 0.180. The minimum Gasteiger partial charge on any atom is -0.371 e. The van der Waals surface area contributed by atoms with Crippen LogP contribution in [0, 0.1) is 0 Å². The van der Waals surface area contributed by atoms with Crippen molar-refractivity contribution in [2.75, 3.05) is 13.2 Å². The lowest BCUT2D eigenvalue weighted by Gasteiger charge is -2.00. The normalized spacial score (nSPS) is 26.2. The molecule has 0 aromatic rings. The number of hydrogen-bond donors (Lipinski definition) is 2. The molecule has 0 aromatic carbocycles. The SMILES string of the molecule is O=P(O)(O)OCC1CO1. The topological polar surface area (TPSA) is 79.3 Å². The van der Waals surface area contributed by atoms with E-state index in [-0.39, 0.29) is 12.7 Å². The maximum absolute atomic E-state index is 9.98. The molecular weight excluding hydrogens is 147 g/mol. The van der Waals surface area contributed by atoms with Crippen LogP contribution in [0.3, 0.4) is 0 Å². The molecule has 5 nitrogen and oxygen atoms in total. The second-order valence-corrected chi connectivity index (χ2v) is 2.98. The van der Waals surface area contributed by atoms with E-state index in [4.69, 9.17) is 9.79 Å². The van der Waals surface area contributed by atoms with Gasteiger partial charge in [0.25, 0.3) is 0 Å². The fraction of sp³-hybridized carbons (Fsp3) is 1.00. The van der Waals surface area contributed by atoms with Crippen LogP contribution in [0.5, 0.6) is 0 Å².